The van der Waals surface area contributed by atoms with Crippen LogP contribution in [0.4, 0.5) is 0 Å². The van der Waals surface area contributed by atoms with E-state index in [1.165, 1.54) is 24.6 Å². The molecular formula is C19H21N3O5S2. The summed E-state index contributed by atoms with van der Waals surface area (Å²) >= 11 is 1.57. The van der Waals surface area contributed by atoms with Crippen LogP contribution < -0.4 is 9.47 Å². The summed E-state index contributed by atoms with van der Waals surface area (Å²) in [5, 5.41) is 12.2. The van der Waals surface area contributed by atoms with Crippen LogP contribution >= 0.6 is 11.3 Å². The number of benzene rings is 1. The van der Waals surface area contributed by atoms with Gasteiger partial charge in [-0.2, -0.15) is 15.6 Å². The monoisotopic (exact) mass is 435 g/mol. The van der Waals surface area contributed by atoms with Gasteiger partial charge in [-0.1, -0.05) is 0 Å². The van der Waals surface area contributed by atoms with Gasteiger partial charge in [0.15, 0.2) is 0 Å². The van der Waals surface area contributed by atoms with Crippen molar-refractivity contribution in [2.75, 3.05) is 27.3 Å². The Hall–Kier alpha value is -2.43. The summed E-state index contributed by atoms with van der Waals surface area (Å²) in [5.74, 6) is 1.91. The van der Waals surface area contributed by atoms with E-state index in [0.717, 1.165) is 5.56 Å². The molecule has 3 aromatic rings. The van der Waals surface area contributed by atoms with E-state index in [1.54, 1.807) is 23.5 Å². The van der Waals surface area contributed by atoms with Crippen LogP contribution in [0.5, 0.6) is 11.5 Å². The third-order valence-electron chi connectivity index (χ3n) is 5.00. The number of methoxy groups -OCH3 is 2. The van der Waals surface area contributed by atoms with Crippen molar-refractivity contribution in [3.8, 4) is 23.0 Å². The molecule has 2 aromatic heterocycles. The highest BCUT2D eigenvalue weighted by atomic mass is 32.2. The van der Waals surface area contributed by atoms with Gasteiger partial charge in [-0.05, 0) is 36.4 Å². The summed E-state index contributed by atoms with van der Waals surface area (Å²) < 4.78 is 44.0. The molecule has 1 aromatic carbocycles. The molecule has 1 fully saturated rings. The minimum Gasteiger partial charge on any atom is -0.497 e. The summed E-state index contributed by atoms with van der Waals surface area (Å²) in [5.41, 5.74) is 0.903. The summed E-state index contributed by atoms with van der Waals surface area (Å²) in [6.07, 6.45) is 1.23. The topological polar surface area (TPSA) is 94.8 Å². The first-order valence-corrected chi connectivity index (χ1v) is 11.5. The molecule has 0 atom stereocenters. The number of ether oxygens (including phenoxy) is 2. The van der Waals surface area contributed by atoms with Crippen LogP contribution in [0.3, 0.4) is 0 Å². The third kappa shape index (κ3) is 3.87. The second-order valence-electron chi connectivity index (χ2n) is 6.65. The highest BCUT2D eigenvalue weighted by Crippen LogP contribution is 2.35. The zero-order valence-corrected chi connectivity index (χ0v) is 17.7. The van der Waals surface area contributed by atoms with Crippen molar-refractivity contribution >= 4 is 21.4 Å². The first-order chi connectivity index (χ1) is 14.0. The van der Waals surface area contributed by atoms with Crippen LogP contribution in [0.15, 0.2) is 44.3 Å². The van der Waals surface area contributed by atoms with Crippen LogP contribution in [0.2, 0.25) is 0 Å². The highest BCUT2D eigenvalue weighted by Gasteiger charge is 2.33. The van der Waals surface area contributed by atoms with E-state index in [4.69, 9.17) is 13.9 Å². The SMILES string of the molecule is COc1ccc(S(=O)(=O)N2CCC(c3nnc(-c4ccsc4)o3)CC2)c(OC)c1. The van der Waals surface area contributed by atoms with Gasteiger partial charge in [0.2, 0.25) is 21.8 Å². The van der Waals surface area contributed by atoms with E-state index in [2.05, 4.69) is 10.2 Å². The quantitative estimate of drug-likeness (QED) is 0.586. The number of piperidine rings is 1. The smallest absolute Gasteiger partial charge is 0.248 e. The lowest BCUT2D eigenvalue weighted by Crippen LogP contribution is -2.38. The van der Waals surface area contributed by atoms with E-state index in [0.29, 0.717) is 43.5 Å². The Morgan fingerprint density at radius 2 is 1.93 bits per heavy atom. The van der Waals surface area contributed by atoms with Gasteiger partial charge >= 0.3 is 0 Å². The van der Waals surface area contributed by atoms with Crippen LogP contribution in [-0.2, 0) is 10.0 Å². The second-order valence-corrected chi connectivity index (χ2v) is 9.34. The van der Waals surface area contributed by atoms with Gasteiger partial charge in [0.25, 0.3) is 0 Å². The van der Waals surface area contributed by atoms with E-state index >= 15 is 0 Å². The lowest BCUT2D eigenvalue weighted by atomic mass is 9.98. The maximum absolute atomic E-state index is 13.1. The van der Waals surface area contributed by atoms with Gasteiger partial charge < -0.3 is 13.9 Å². The van der Waals surface area contributed by atoms with Gasteiger partial charge in [-0.25, -0.2) is 8.42 Å². The number of rotatable bonds is 6. The molecule has 0 aliphatic carbocycles. The van der Waals surface area contributed by atoms with Gasteiger partial charge in [-0.15, -0.1) is 10.2 Å². The minimum absolute atomic E-state index is 0.0408. The normalized spacial score (nSPS) is 16.1. The number of aromatic nitrogens is 2. The van der Waals surface area contributed by atoms with Gasteiger partial charge in [-0.3, -0.25) is 0 Å². The minimum atomic E-state index is -3.68. The highest BCUT2D eigenvalue weighted by molar-refractivity contribution is 7.89. The average Bonchev–Trinajstić information content (AvgIpc) is 3.45. The number of hydrogen-bond donors (Lipinski definition) is 0. The van der Waals surface area contributed by atoms with Crippen molar-refractivity contribution in [1.82, 2.24) is 14.5 Å². The Kier molecular flexibility index (Phi) is 5.57. The lowest BCUT2D eigenvalue weighted by molar-refractivity contribution is 0.290. The fourth-order valence-corrected chi connectivity index (χ4v) is 5.61. The molecule has 4 rings (SSSR count). The number of nitrogens with zero attached hydrogens (tertiary/aromatic N) is 3. The van der Waals surface area contributed by atoms with Crippen LogP contribution in [-0.4, -0.2) is 50.2 Å². The Balaban J connectivity index is 1.48. The summed E-state index contributed by atoms with van der Waals surface area (Å²) in [4.78, 5) is 0.136. The molecule has 10 heteroatoms. The van der Waals surface area contributed by atoms with E-state index < -0.39 is 10.0 Å². The van der Waals surface area contributed by atoms with Crippen molar-refractivity contribution in [2.24, 2.45) is 0 Å². The van der Waals surface area contributed by atoms with Crippen LogP contribution in [0, 0.1) is 0 Å². The van der Waals surface area contributed by atoms with Crippen molar-refractivity contribution in [3.63, 3.8) is 0 Å². The molecule has 1 aliphatic heterocycles. The maximum atomic E-state index is 13.1. The molecule has 0 bridgehead atoms. The molecule has 3 heterocycles. The molecule has 0 spiro atoms. The van der Waals surface area contributed by atoms with Gasteiger partial charge in [0.1, 0.15) is 16.4 Å². The van der Waals surface area contributed by atoms with Crippen molar-refractivity contribution in [3.05, 3.63) is 40.9 Å². The molecule has 0 amide bonds. The number of sulfonamides is 1. The first-order valence-electron chi connectivity index (χ1n) is 9.11. The molecule has 154 valence electrons. The van der Waals surface area contributed by atoms with E-state index in [9.17, 15) is 8.42 Å². The van der Waals surface area contributed by atoms with Gasteiger partial charge in [0, 0.05) is 36.0 Å². The third-order valence-corrected chi connectivity index (χ3v) is 7.62. The second kappa shape index (κ2) is 8.13. The van der Waals surface area contributed by atoms with E-state index in [1.807, 2.05) is 16.8 Å². The fourth-order valence-electron chi connectivity index (χ4n) is 3.37. The Bertz CT molecular complexity index is 1070. The maximum Gasteiger partial charge on any atom is 0.248 e. The largest absolute Gasteiger partial charge is 0.497 e. The van der Waals surface area contributed by atoms with Crippen molar-refractivity contribution in [1.29, 1.82) is 0 Å². The average molecular weight is 436 g/mol. The molecule has 0 saturated carbocycles. The molecule has 8 nitrogen and oxygen atoms in total. The fraction of sp³-hybridized carbons (Fsp3) is 0.368. The summed E-state index contributed by atoms with van der Waals surface area (Å²) in [6, 6.07) is 6.64. The summed E-state index contributed by atoms with van der Waals surface area (Å²) in [6.45, 7) is 0.747. The van der Waals surface area contributed by atoms with Crippen molar-refractivity contribution in [2.45, 2.75) is 23.7 Å². The molecular weight excluding hydrogens is 414 g/mol. The Morgan fingerprint density at radius 3 is 2.59 bits per heavy atom. The lowest BCUT2D eigenvalue weighted by Gasteiger charge is -2.30. The van der Waals surface area contributed by atoms with Crippen LogP contribution in [0.25, 0.3) is 11.5 Å². The summed E-state index contributed by atoms with van der Waals surface area (Å²) in [7, 11) is -0.710. The zero-order chi connectivity index (χ0) is 20.4. The standard InChI is InChI=1S/C19H21N3O5S2/c1-25-15-3-4-17(16(11-15)26-2)29(23,24)22-8-5-13(6-9-22)18-20-21-19(27-18)14-7-10-28-12-14/h3-4,7,10-13H,5-6,8-9H2,1-2H3. The molecule has 1 aliphatic rings. The van der Waals surface area contributed by atoms with Gasteiger partial charge in [0.05, 0.1) is 14.2 Å². The first kappa shape index (κ1) is 19.9. The molecule has 0 radical (unpaired) electrons. The predicted octanol–water partition coefficient (Wildman–Crippen LogP) is 3.38. The predicted molar refractivity (Wildman–Crippen MR) is 108 cm³/mol. The van der Waals surface area contributed by atoms with Crippen molar-refractivity contribution < 1.29 is 22.3 Å². The number of hydrogen-bond acceptors (Lipinski definition) is 8. The molecule has 29 heavy (non-hydrogen) atoms. The molecule has 0 unspecified atom stereocenters. The Morgan fingerprint density at radius 1 is 1.14 bits per heavy atom. The van der Waals surface area contributed by atoms with Crippen LogP contribution in [0.1, 0.15) is 24.7 Å². The zero-order valence-electron chi connectivity index (χ0n) is 16.1. The number of thiophene rings is 1. The molecule has 1 saturated heterocycles. The molecule has 0 N–H and O–H groups in total. The Labute approximate surface area is 173 Å². The van der Waals surface area contributed by atoms with E-state index in [-0.39, 0.29) is 16.6 Å².